The first-order valence-corrected chi connectivity index (χ1v) is 9.42. The lowest BCUT2D eigenvalue weighted by atomic mass is 10.0. The molecule has 7 heteroatoms. The lowest BCUT2D eigenvalue weighted by molar-refractivity contribution is 0.0501. The lowest BCUT2D eigenvalue weighted by Crippen LogP contribution is -2.43. The third kappa shape index (κ3) is 5.29. The fraction of sp³-hybridized carbons (Fsp3) is 0.588. The van der Waals surface area contributed by atoms with Crippen LogP contribution < -0.4 is 10.0 Å². The van der Waals surface area contributed by atoms with Crippen molar-refractivity contribution >= 4 is 17.1 Å². The quantitative estimate of drug-likeness (QED) is 0.722. The number of benzene rings is 1. The summed E-state index contributed by atoms with van der Waals surface area (Å²) in [5.74, 6) is 0.318. The topological polar surface area (TPSA) is 87.7 Å². The van der Waals surface area contributed by atoms with Gasteiger partial charge in [0.1, 0.15) is 5.60 Å². The van der Waals surface area contributed by atoms with Gasteiger partial charge in [0.05, 0.1) is 17.6 Å². The molecule has 1 amide bonds. The Kier molecular flexibility index (Phi) is 6.37. The van der Waals surface area contributed by atoms with E-state index in [0.29, 0.717) is 12.2 Å². The summed E-state index contributed by atoms with van der Waals surface area (Å²) >= 11 is 0. The SMILES string of the molecule is CC(C)(C)OC(=O)NC1Cc2ccccc2[C@H]1CS(=O)NCCO. The minimum Gasteiger partial charge on any atom is -0.444 e. The summed E-state index contributed by atoms with van der Waals surface area (Å²) in [7, 11) is -1.27. The van der Waals surface area contributed by atoms with Gasteiger partial charge < -0.3 is 15.2 Å². The molecule has 1 aromatic carbocycles. The van der Waals surface area contributed by atoms with Gasteiger partial charge in [-0.25, -0.2) is 13.7 Å². The van der Waals surface area contributed by atoms with Crippen LogP contribution in [-0.4, -0.2) is 46.0 Å². The maximum atomic E-state index is 12.2. The number of amides is 1. The average Bonchev–Trinajstić information content (AvgIpc) is 2.81. The van der Waals surface area contributed by atoms with Gasteiger partial charge in [-0.3, -0.25) is 0 Å². The predicted octanol–water partition coefficient (Wildman–Crippen LogP) is 1.47. The summed E-state index contributed by atoms with van der Waals surface area (Å²) in [5.41, 5.74) is 1.71. The third-order valence-electron chi connectivity index (χ3n) is 3.79. The molecule has 0 spiro atoms. The van der Waals surface area contributed by atoms with Crippen molar-refractivity contribution in [1.29, 1.82) is 0 Å². The number of aliphatic hydroxyl groups is 1. The smallest absolute Gasteiger partial charge is 0.407 e. The van der Waals surface area contributed by atoms with Gasteiger partial charge in [-0.1, -0.05) is 24.3 Å². The van der Waals surface area contributed by atoms with Crippen LogP contribution in [0.2, 0.25) is 0 Å². The Hall–Kier alpha value is -1.44. The highest BCUT2D eigenvalue weighted by Crippen LogP contribution is 2.34. The molecule has 0 aromatic heterocycles. The van der Waals surface area contributed by atoms with Crippen LogP contribution in [0.25, 0.3) is 0 Å². The Morgan fingerprint density at radius 2 is 2.08 bits per heavy atom. The molecule has 3 atom stereocenters. The fourth-order valence-electron chi connectivity index (χ4n) is 2.88. The van der Waals surface area contributed by atoms with Crippen LogP contribution in [0.5, 0.6) is 0 Å². The molecule has 0 fully saturated rings. The number of nitrogens with one attached hydrogen (secondary N) is 2. The highest BCUT2D eigenvalue weighted by molar-refractivity contribution is 7.83. The van der Waals surface area contributed by atoms with Crippen LogP contribution in [0.4, 0.5) is 4.79 Å². The van der Waals surface area contributed by atoms with E-state index in [9.17, 15) is 9.00 Å². The Labute approximate surface area is 145 Å². The van der Waals surface area contributed by atoms with Crippen molar-refractivity contribution in [3.05, 3.63) is 35.4 Å². The molecule has 1 aliphatic rings. The van der Waals surface area contributed by atoms with Gasteiger partial charge in [-0.2, -0.15) is 0 Å². The molecule has 1 aromatic rings. The normalized spacial score (nSPS) is 21.2. The maximum Gasteiger partial charge on any atom is 0.407 e. The molecule has 2 unspecified atom stereocenters. The molecule has 0 saturated heterocycles. The third-order valence-corrected chi connectivity index (χ3v) is 4.98. The molecule has 24 heavy (non-hydrogen) atoms. The van der Waals surface area contributed by atoms with Crippen molar-refractivity contribution in [2.75, 3.05) is 18.9 Å². The zero-order valence-corrected chi connectivity index (χ0v) is 15.2. The molecule has 0 heterocycles. The average molecular weight is 354 g/mol. The van der Waals surface area contributed by atoms with Crippen LogP contribution in [0.1, 0.15) is 37.8 Å². The van der Waals surface area contributed by atoms with Crippen molar-refractivity contribution < 1.29 is 18.8 Å². The van der Waals surface area contributed by atoms with Gasteiger partial charge in [-0.05, 0) is 38.3 Å². The molecule has 3 N–H and O–H groups in total. The molecular weight excluding hydrogens is 328 g/mol. The van der Waals surface area contributed by atoms with Crippen LogP contribution in [0.3, 0.4) is 0 Å². The van der Waals surface area contributed by atoms with Crippen molar-refractivity contribution in [2.24, 2.45) is 0 Å². The van der Waals surface area contributed by atoms with Crippen LogP contribution in [-0.2, 0) is 22.1 Å². The largest absolute Gasteiger partial charge is 0.444 e. The van der Waals surface area contributed by atoms with Gasteiger partial charge in [-0.15, -0.1) is 0 Å². The minimum atomic E-state index is -1.27. The fourth-order valence-corrected chi connectivity index (χ4v) is 4.05. The van der Waals surface area contributed by atoms with Crippen LogP contribution in [0, 0.1) is 0 Å². The van der Waals surface area contributed by atoms with E-state index in [-0.39, 0.29) is 25.1 Å². The first-order chi connectivity index (χ1) is 11.3. The Balaban J connectivity index is 2.09. The summed E-state index contributed by atoms with van der Waals surface area (Å²) in [5, 5.41) is 11.8. The van der Waals surface area contributed by atoms with Gasteiger partial charge in [0.25, 0.3) is 0 Å². The van der Waals surface area contributed by atoms with E-state index in [4.69, 9.17) is 9.84 Å². The van der Waals surface area contributed by atoms with Crippen molar-refractivity contribution in [1.82, 2.24) is 10.0 Å². The molecule has 0 bridgehead atoms. The van der Waals surface area contributed by atoms with Crippen molar-refractivity contribution in [3.8, 4) is 0 Å². The zero-order valence-electron chi connectivity index (χ0n) is 14.4. The van der Waals surface area contributed by atoms with Crippen molar-refractivity contribution in [3.63, 3.8) is 0 Å². The highest BCUT2D eigenvalue weighted by Gasteiger charge is 2.35. The highest BCUT2D eigenvalue weighted by atomic mass is 32.2. The van der Waals surface area contributed by atoms with E-state index in [0.717, 1.165) is 11.1 Å². The number of carbonyl (C=O) groups excluding carboxylic acids is 1. The second-order valence-electron chi connectivity index (χ2n) is 6.89. The van der Waals surface area contributed by atoms with Crippen molar-refractivity contribution in [2.45, 2.75) is 44.8 Å². The molecule has 2 rings (SSSR count). The summed E-state index contributed by atoms with van der Waals surface area (Å²) < 4.78 is 20.3. The molecule has 0 saturated carbocycles. The van der Waals surface area contributed by atoms with E-state index < -0.39 is 22.7 Å². The van der Waals surface area contributed by atoms with Gasteiger partial charge in [0.2, 0.25) is 0 Å². The Bertz CT molecular complexity index is 600. The number of fused-ring (bicyclic) bond motifs is 1. The summed E-state index contributed by atoms with van der Waals surface area (Å²) in [6, 6.07) is 7.80. The first-order valence-electron chi connectivity index (χ1n) is 8.10. The Morgan fingerprint density at radius 1 is 1.38 bits per heavy atom. The van der Waals surface area contributed by atoms with Gasteiger partial charge in [0.15, 0.2) is 0 Å². The van der Waals surface area contributed by atoms with E-state index in [1.807, 2.05) is 45.0 Å². The molecule has 134 valence electrons. The number of aliphatic hydroxyl groups excluding tert-OH is 1. The first kappa shape index (κ1) is 18.9. The molecule has 6 nitrogen and oxygen atoms in total. The van der Waals surface area contributed by atoms with Gasteiger partial charge >= 0.3 is 6.09 Å². The second kappa shape index (κ2) is 8.09. The summed E-state index contributed by atoms with van der Waals surface area (Å²) in [6.07, 6.45) is 0.233. The van der Waals surface area contributed by atoms with E-state index >= 15 is 0 Å². The monoisotopic (exact) mass is 354 g/mol. The minimum absolute atomic E-state index is 0.0549. The number of carbonyl (C=O) groups is 1. The standard InChI is InChI=1S/C17H26N2O4S/c1-17(2,3)23-16(21)19-15-10-12-6-4-5-7-13(12)14(15)11-24(22)18-8-9-20/h4-7,14-15,18,20H,8-11H2,1-3H3,(H,19,21)/t14-,15?,24?/m1/s1. The van der Waals surface area contributed by atoms with E-state index in [1.165, 1.54) is 0 Å². The molecule has 1 aliphatic carbocycles. The second-order valence-corrected chi connectivity index (χ2v) is 8.21. The molecule has 0 radical (unpaired) electrons. The van der Waals surface area contributed by atoms with E-state index in [2.05, 4.69) is 10.0 Å². The molecule has 0 aliphatic heterocycles. The predicted molar refractivity (Wildman–Crippen MR) is 94.1 cm³/mol. The number of ether oxygens (including phenoxy) is 1. The van der Waals surface area contributed by atoms with E-state index in [1.54, 1.807) is 0 Å². The van der Waals surface area contributed by atoms with Gasteiger partial charge in [0, 0.05) is 24.3 Å². The summed E-state index contributed by atoms with van der Waals surface area (Å²) in [6.45, 7) is 5.68. The number of hydrogen-bond acceptors (Lipinski definition) is 4. The maximum absolute atomic E-state index is 12.2. The number of alkyl carbamates (subject to hydrolysis) is 1. The van der Waals surface area contributed by atoms with Crippen LogP contribution >= 0.6 is 0 Å². The molecular formula is C17H26N2O4S. The lowest BCUT2D eigenvalue weighted by Gasteiger charge is -2.25. The van der Waals surface area contributed by atoms with Crippen LogP contribution in [0.15, 0.2) is 24.3 Å². The Morgan fingerprint density at radius 3 is 2.75 bits per heavy atom. The zero-order chi connectivity index (χ0) is 17.7. The number of rotatable bonds is 6. The number of hydrogen-bond donors (Lipinski definition) is 3. The summed E-state index contributed by atoms with van der Waals surface area (Å²) in [4.78, 5) is 12.1.